The molecule has 0 saturated carbocycles. The molecule has 0 saturated heterocycles. The first-order valence-electron chi connectivity index (χ1n) is 8.29. The van der Waals surface area contributed by atoms with Crippen molar-refractivity contribution in [2.24, 2.45) is 0 Å². The van der Waals surface area contributed by atoms with E-state index in [-0.39, 0.29) is 11.3 Å². The summed E-state index contributed by atoms with van der Waals surface area (Å²) in [5, 5.41) is 6.28. The van der Waals surface area contributed by atoms with Crippen LogP contribution in [0.1, 0.15) is 31.2 Å². The highest BCUT2D eigenvalue weighted by atomic mass is 32.1. The lowest BCUT2D eigenvalue weighted by molar-refractivity contribution is -0.136. The van der Waals surface area contributed by atoms with E-state index in [4.69, 9.17) is 0 Å². The number of carbonyl (C=O) groups excluding carboxylic acids is 2. The highest BCUT2D eigenvalue weighted by molar-refractivity contribution is 7.12. The molecule has 0 aliphatic rings. The zero-order valence-corrected chi connectivity index (χ0v) is 15.7. The van der Waals surface area contributed by atoms with Crippen LogP contribution in [0.4, 0.5) is 28.9 Å². The number of amides is 2. The minimum atomic E-state index is -4.76. The topological polar surface area (TPSA) is 58.2 Å². The van der Waals surface area contributed by atoms with Crippen LogP contribution < -0.4 is 10.6 Å². The Labute approximate surface area is 167 Å². The van der Waals surface area contributed by atoms with Crippen molar-refractivity contribution in [1.29, 1.82) is 0 Å². The van der Waals surface area contributed by atoms with Crippen molar-refractivity contribution in [3.05, 3.63) is 81.3 Å². The maximum Gasteiger partial charge on any atom is 0.418 e. The fraction of sp³-hybridized carbons (Fsp3) is 0.100. The van der Waals surface area contributed by atoms with E-state index in [0.29, 0.717) is 10.4 Å². The summed E-state index contributed by atoms with van der Waals surface area (Å²) in [7, 11) is 0. The lowest BCUT2D eigenvalue weighted by Crippen LogP contribution is -2.18. The molecule has 29 heavy (non-hydrogen) atoms. The van der Waals surface area contributed by atoms with Gasteiger partial charge >= 0.3 is 6.18 Å². The van der Waals surface area contributed by atoms with Gasteiger partial charge < -0.3 is 10.6 Å². The van der Waals surface area contributed by atoms with E-state index in [1.807, 2.05) is 0 Å². The van der Waals surface area contributed by atoms with Crippen LogP contribution in [0.5, 0.6) is 0 Å². The number of alkyl halides is 3. The van der Waals surface area contributed by atoms with Gasteiger partial charge in [0.25, 0.3) is 11.8 Å². The predicted octanol–water partition coefficient (Wildman–Crippen LogP) is 5.72. The van der Waals surface area contributed by atoms with Gasteiger partial charge in [-0.3, -0.25) is 9.59 Å². The standard InChI is InChI=1S/C20H14F4N2O2S/c1-11-8-9-29-17(11)19(28)26-16-7-6-14(10-15(16)20(22,23)24)25-18(27)12-2-4-13(21)5-3-12/h2-10H,1H3,(H,25,27)(H,26,28). The van der Waals surface area contributed by atoms with Crippen molar-refractivity contribution < 1.29 is 27.2 Å². The number of hydrogen-bond acceptors (Lipinski definition) is 3. The minimum absolute atomic E-state index is 0.0884. The second kappa shape index (κ2) is 8.04. The molecule has 3 rings (SSSR count). The Morgan fingerprint density at radius 1 is 0.931 bits per heavy atom. The highest BCUT2D eigenvalue weighted by Gasteiger charge is 2.34. The van der Waals surface area contributed by atoms with Crippen LogP contribution in [0.15, 0.2) is 53.9 Å². The molecule has 2 amide bonds. The van der Waals surface area contributed by atoms with Crippen LogP contribution in [0.3, 0.4) is 0 Å². The monoisotopic (exact) mass is 422 g/mol. The zero-order valence-electron chi connectivity index (χ0n) is 14.9. The van der Waals surface area contributed by atoms with Gasteiger partial charge in [0.15, 0.2) is 0 Å². The number of thiophene rings is 1. The Morgan fingerprint density at radius 3 is 2.21 bits per heavy atom. The number of benzene rings is 2. The SMILES string of the molecule is Cc1ccsc1C(=O)Nc1ccc(NC(=O)c2ccc(F)cc2)cc1C(F)(F)F. The Morgan fingerprint density at radius 2 is 1.62 bits per heavy atom. The fourth-order valence-corrected chi connectivity index (χ4v) is 3.37. The second-order valence-corrected chi connectivity index (χ2v) is 7.02. The molecular weight excluding hydrogens is 408 g/mol. The van der Waals surface area contributed by atoms with Gasteiger partial charge in [0.05, 0.1) is 16.1 Å². The highest BCUT2D eigenvalue weighted by Crippen LogP contribution is 2.37. The van der Waals surface area contributed by atoms with Crippen LogP contribution in [0.2, 0.25) is 0 Å². The molecule has 0 aliphatic heterocycles. The molecule has 0 spiro atoms. The van der Waals surface area contributed by atoms with E-state index in [0.717, 1.165) is 35.6 Å². The number of aryl methyl sites for hydroxylation is 1. The molecule has 0 atom stereocenters. The van der Waals surface area contributed by atoms with E-state index in [2.05, 4.69) is 10.6 Å². The summed E-state index contributed by atoms with van der Waals surface area (Å²) in [6.07, 6.45) is -4.76. The van der Waals surface area contributed by atoms with Crippen molar-refractivity contribution in [1.82, 2.24) is 0 Å². The van der Waals surface area contributed by atoms with Gasteiger partial charge in [-0.25, -0.2) is 4.39 Å². The fourth-order valence-electron chi connectivity index (χ4n) is 2.55. The molecular formula is C20H14F4N2O2S. The third-order valence-electron chi connectivity index (χ3n) is 4.01. The molecule has 2 N–H and O–H groups in total. The Bertz CT molecular complexity index is 1060. The van der Waals surface area contributed by atoms with Crippen LogP contribution in [-0.4, -0.2) is 11.8 Å². The molecule has 1 aromatic heterocycles. The Hall–Kier alpha value is -3.20. The van der Waals surface area contributed by atoms with Crippen LogP contribution in [0.25, 0.3) is 0 Å². The molecule has 4 nitrogen and oxygen atoms in total. The van der Waals surface area contributed by atoms with E-state index in [9.17, 15) is 27.2 Å². The molecule has 1 heterocycles. The zero-order chi connectivity index (χ0) is 21.2. The lowest BCUT2D eigenvalue weighted by atomic mass is 10.1. The number of anilines is 2. The van der Waals surface area contributed by atoms with Gasteiger partial charge in [-0.05, 0) is 66.4 Å². The third-order valence-corrected chi connectivity index (χ3v) is 5.02. The van der Waals surface area contributed by atoms with Crippen LogP contribution in [0, 0.1) is 12.7 Å². The van der Waals surface area contributed by atoms with E-state index < -0.39 is 35.1 Å². The molecule has 0 unspecified atom stereocenters. The van der Waals surface area contributed by atoms with Crippen molar-refractivity contribution in [3.63, 3.8) is 0 Å². The van der Waals surface area contributed by atoms with Crippen molar-refractivity contribution >= 4 is 34.5 Å². The summed E-state index contributed by atoms with van der Waals surface area (Å²) in [6, 6.07) is 9.32. The number of hydrogen-bond donors (Lipinski definition) is 2. The van der Waals surface area contributed by atoms with Crippen LogP contribution in [-0.2, 0) is 6.18 Å². The maximum absolute atomic E-state index is 13.5. The largest absolute Gasteiger partial charge is 0.418 e. The minimum Gasteiger partial charge on any atom is -0.322 e. The van der Waals surface area contributed by atoms with Gasteiger partial charge in [-0.1, -0.05) is 0 Å². The summed E-state index contributed by atoms with van der Waals surface area (Å²) in [4.78, 5) is 24.8. The summed E-state index contributed by atoms with van der Waals surface area (Å²) in [5.74, 6) is -1.88. The average Bonchev–Trinajstić information content (AvgIpc) is 3.08. The molecule has 0 fully saturated rings. The van der Waals surface area contributed by atoms with Crippen molar-refractivity contribution in [2.45, 2.75) is 13.1 Å². The molecule has 9 heteroatoms. The summed E-state index contributed by atoms with van der Waals surface area (Å²) >= 11 is 1.12. The summed E-state index contributed by atoms with van der Waals surface area (Å²) < 4.78 is 53.5. The summed E-state index contributed by atoms with van der Waals surface area (Å²) in [5.41, 5.74) is -0.890. The van der Waals surface area contributed by atoms with Gasteiger partial charge in [-0.15, -0.1) is 11.3 Å². The number of rotatable bonds is 4. The molecule has 0 aliphatic carbocycles. The molecule has 2 aromatic carbocycles. The first-order chi connectivity index (χ1) is 13.6. The first kappa shape index (κ1) is 20.5. The Kier molecular flexibility index (Phi) is 5.69. The van der Waals surface area contributed by atoms with Crippen molar-refractivity contribution in [3.8, 4) is 0 Å². The summed E-state index contributed by atoms with van der Waals surface area (Å²) in [6.45, 7) is 1.68. The number of nitrogens with one attached hydrogen (secondary N) is 2. The van der Waals surface area contributed by atoms with Crippen molar-refractivity contribution in [2.75, 3.05) is 10.6 Å². The molecule has 0 radical (unpaired) electrons. The lowest BCUT2D eigenvalue weighted by Gasteiger charge is -2.16. The Balaban J connectivity index is 1.86. The smallest absolute Gasteiger partial charge is 0.322 e. The molecule has 150 valence electrons. The quantitative estimate of drug-likeness (QED) is 0.529. The first-order valence-corrected chi connectivity index (χ1v) is 9.17. The number of halogens is 4. The van der Waals surface area contributed by atoms with E-state index in [1.165, 1.54) is 18.2 Å². The van der Waals surface area contributed by atoms with Gasteiger partial charge in [0.1, 0.15) is 5.82 Å². The normalized spacial score (nSPS) is 11.2. The molecule has 3 aromatic rings. The van der Waals surface area contributed by atoms with Gasteiger partial charge in [0, 0.05) is 11.3 Å². The molecule has 0 bridgehead atoms. The van der Waals surface area contributed by atoms with Crippen LogP contribution >= 0.6 is 11.3 Å². The third kappa shape index (κ3) is 4.80. The second-order valence-electron chi connectivity index (χ2n) is 6.11. The van der Waals surface area contributed by atoms with E-state index in [1.54, 1.807) is 18.4 Å². The predicted molar refractivity (Wildman–Crippen MR) is 103 cm³/mol. The number of carbonyl (C=O) groups is 2. The maximum atomic E-state index is 13.5. The van der Waals surface area contributed by atoms with Gasteiger partial charge in [0.2, 0.25) is 0 Å². The van der Waals surface area contributed by atoms with Gasteiger partial charge in [-0.2, -0.15) is 13.2 Å². The average molecular weight is 422 g/mol. The van der Waals surface area contributed by atoms with E-state index >= 15 is 0 Å².